The van der Waals surface area contributed by atoms with Gasteiger partial charge in [0.25, 0.3) is 0 Å². The van der Waals surface area contributed by atoms with E-state index < -0.39 is 34.8 Å². The molecule has 1 aromatic carbocycles. The summed E-state index contributed by atoms with van der Waals surface area (Å²) < 4.78 is 66.1. The van der Waals surface area contributed by atoms with Gasteiger partial charge in [0.05, 0.1) is 11.4 Å². The fraction of sp³-hybridized carbons (Fsp3) is 0.167. The Labute approximate surface area is 120 Å². The molecule has 2 rings (SSSR count). The van der Waals surface area contributed by atoms with Crippen LogP contribution in [-0.2, 0) is 0 Å². The molecule has 112 valence electrons. The highest BCUT2D eigenvalue weighted by atomic mass is 35.5. The van der Waals surface area contributed by atoms with Gasteiger partial charge < -0.3 is 5.32 Å². The summed E-state index contributed by atoms with van der Waals surface area (Å²) in [5.41, 5.74) is -0.403. The van der Waals surface area contributed by atoms with Crippen LogP contribution in [0.5, 0.6) is 0 Å². The average molecular weight is 324 g/mol. The molecule has 0 amide bonds. The van der Waals surface area contributed by atoms with Crippen LogP contribution in [0, 0.1) is 42.9 Å². The Morgan fingerprint density at radius 1 is 0.762 bits per heavy atom. The lowest BCUT2D eigenvalue weighted by Gasteiger charge is -2.12. The first kappa shape index (κ1) is 15.4. The van der Waals surface area contributed by atoms with E-state index in [-0.39, 0.29) is 11.0 Å². The SMILES string of the molecule is Cc1nc(Cl)c(Nc2c(F)c(F)c(F)c(F)c2F)nc1C. The van der Waals surface area contributed by atoms with E-state index in [9.17, 15) is 22.0 Å². The van der Waals surface area contributed by atoms with Crippen molar-refractivity contribution in [3.05, 3.63) is 45.6 Å². The maximum atomic E-state index is 13.5. The maximum absolute atomic E-state index is 13.5. The zero-order chi connectivity index (χ0) is 15.9. The Kier molecular flexibility index (Phi) is 3.99. The molecule has 1 N–H and O–H groups in total. The van der Waals surface area contributed by atoms with Gasteiger partial charge in [-0.25, -0.2) is 31.9 Å². The zero-order valence-electron chi connectivity index (χ0n) is 10.7. The highest BCUT2D eigenvalue weighted by molar-refractivity contribution is 6.31. The Bertz CT molecular complexity index is 707. The molecule has 0 aliphatic heterocycles. The molecule has 0 spiro atoms. The van der Waals surface area contributed by atoms with Crippen molar-refractivity contribution in [1.82, 2.24) is 9.97 Å². The molecule has 0 saturated heterocycles. The van der Waals surface area contributed by atoms with Crippen LogP contribution >= 0.6 is 11.6 Å². The van der Waals surface area contributed by atoms with Crippen LogP contribution < -0.4 is 5.32 Å². The van der Waals surface area contributed by atoms with E-state index in [0.717, 1.165) is 0 Å². The quantitative estimate of drug-likeness (QED) is 0.511. The van der Waals surface area contributed by atoms with Crippen molar-refractivity contribution >= 4 is 23.1 Å². The van der Waals surface area contributed by atoms with Crippen molar-refractivity contribution in [3.63, 3.8) is 0 Å². The summed E-state index contributed by atoms with van der Waals surface area (Å²) in [7, 11) is 0. The van der Waals surface area contributed by atoms with E-state index in [2.05, 4.69) is 9.97 Å². The van der Waals surface area contributed by atoms with Crippen molar-refractivity contribution < 1.29 is 22.0 Å². The number of benzene rings is 1. The molecule has 0 unspecified atom stereocenters. The predicted octanol–water partition coefficient (Wildman–Crippen LogP) is 4.19. The van der Waals surface area contributed by atoms with Gasteiger partial charge in [0.1, 0.15) is 5.69 Å². The summed E-state index contributed by atoms with van der Waals surface area (Å²) in [5.74, 6) is -10.7. The summed E-state index contributed by atoms with van der Waals surface area (Å²) >= 11 is 5.72. The molecule has 0 aliphatic rings. The van der Waals surface area contributed by atoms with Gasteiger partial charge >= 0.3 is 0 Å². The van der Waals surface area contributed by atoms with E-state index in [1.54, 1.807) is 13.8 Å². The van der Waals surface area contributed by atoms with E-state index in [4.69, 9.17) is 11.6 Å². The number of aryl methyl sites for hydroxylation is 2. The molecule has 0 bridgehead atoms. The molecule has 0 saturated carbocycles. The lowest BCUT2D eigenvalue weighted by molar-refractivity contribution is 0.382. The fourth-order valence-corrected chi connectivity index (χ4v) is 1.70. The number of halogens is 6. The topological polar surface area (TPSA) is 37.8 Å². The van der Waals surface area contributed by atoms with Crippen molar-refractivity contribution in [1.29, 1.82) is 0 Å². The van der Waals surface area contributed by atoms with Crippen LogP contribution in [-0.4, -0.2) is 9.97 Å². The second-order valence-corrected chi connectivity index (χ2v) is 4.46. The molecule has 21 heavy (non-hydrogen) atoms. The molecule has 1 heterocycles. The number of anilines is 2. The number of nitrogens with zero attached hydrogens (tertiary/aromatic N) is 2. The predicted molar refractivity (Wildman–Crippen MR) is 66.0 cm³/mol. The van der Waals surface area contributed by atoms with Crippen LogP contribution in [0.4, 0.5) is 33.5 Å². The summed E-state index contributed by atoms with van der Waals surface area (Å²) in [6.07, 6.45) is 0. The van der Waals surface area contributed by atoms with Gasteiger partial charge in [0, 0.05) is 0 Å². The maximum Gasteiger partial charge on any atom is 0.200 e. The second-order valence-electron chi connectivity index (χ2n) is 4.10. The van der Waals surface area contributed by atoms with E-state index in [1.165, 1.54) is 0 Å². The van der Waals surface area contributed by atoms with E-state index in [0.29, 0.717) is 11.4 Å². The minimum atomic E-state index is -2.24. The Balaban J connectivity index is 2.58. The molecule has 0 radical (unpaired) electrons. The van der Waals surface area contributed by atoms with Gasteiger partial charge in [-0.2, -0.15) is 0 Å². The number of rotatable bonds is 2. The third kappa shape index (κ3) is 2.63. The second kappa shape index (κ2) is 5.44. The molecule has 0 aliphatic carbocycles. The standard InChI is InChI=1S/C12H7ClF5N3/c1-3-4(2)20-12(11(13)19-3)21-10-8(17)6(15)5(14)7(16)9(10)18/h1-2H3,(H,20,21). The Morgan fingerprint density at radius 2 is 1.19 bits per heavy atom. The highest BCUT2D eigenvalue weighted by Gasteiger charge is 2.26. The van der Waals surface area contributed by atoms with Gasteiger partial charge in [-0.15, -0.1) is 0 Å². The first-order valence-corrected chi connectivity index (χ1v) is 5.91. The molecule has 2 aromatic rings. The van der Waals surface area contributed by atoms with Gasteiger partial charge in [-0.3, -0.25) is 0 Å². The summed E-state index contributed by atoms with van der Waals surface area (Å²) in [6.45, 7) is 3.14. The van der Waals surface area contributed by atoms with Crippen LogP contribution in [0.3, 0.4) is 0 Å². The number of aromatic nitrogens is 2. The third-order valence-corrected chi connectivity index (χ3v) is 2.98. The Morgan fingerprint density at radius 3 is 1.71 bits per heavy atom. The zero-order valence-corrected chi connectivity index (χ0v) is 11.4. The molecule has 1 aromatic heterocycles. The summed E-state index contributed by atoms with van der Waals surface area (Å²) in [4.78, 5) is 7.68. The highest BCUT2D eigenvalue weighted by Crippen LogP contribution is 2.31. The molecule has 3 nitrogen and oxygen atoms in total. The summed E-state index contributed by atoms with van der Waals surface area (Å²) in [6, 6.07) is 0. The molecule has 0 atom stereocenters. The smallest absolute Gasteiger partial charge is 0.200 e. The minimum absolute atomic E-state index is 0.262. The average Bonchev–Trinajstić information content (AvgIpc) is 2.44. The number of hydrogen-bond acceptors (Lipinski definition) is 3. The summed E-state index contributed by atoms with van der Waals surface area (Å²) in [5, 5.41) is 1.72. The molecular formula is C12H7ClF5N3. The van der Waals surface area contributed by atoms with Gasteiger partial charge in [0.2, 0.25) is 5.82 Å². The molecule has 9 heteroatoms. The first-order chi connectivity index (χ1) is 9.73. The van der Waals surface area contributed by atoms with Gasteiger partial charge in [-0.05, 0) is 13.8 Å². The number of hydrogen-bond donors (Lipinski definition) is 1. The first-order valence-electron chi connectivity index (χ1n) is 5.53. The fourth-order valence-electron chi connectivity index (χ4n) is 1.49. The van der Waals surface area contributed by atoms with E-state index in [1.807, 2.05) is 5.32 Å². The largest absolute Gasteiger partial charge is 0.333 e. The van der Waals surface area contributed by atoms with Crippen molar-refractivity contribution in [3.8, 4) is 0 Å². The molecule has 0 fully saturated rings. The lowest BCUT2D eigenvalue weighted by atomic mass is 10.2. The number of nitrogens with one attached hydrogen (secondary N) is 1. The van der Waals surface area contributed by atoms with Crippen LogP contribution in [0.2, 0.25) is 5.15 Å². The normalized spacial score (nSPS) is 10.9. The molecular weight excluding hydrogens is 317 g/mol. The van der Waals surface area contributed by atoms with Gasteiger partial charge in [-0.1, -0.05) is 11.6 Å². The Hall–Kier alpha value is -1.96. The van der Waals surface area contributed by atoms with Crippen molar-refractivity contribution in [2.24, 2.45) is 0 Å². The van der Waals surface area contributed by atoms with E-state index >= 15 is 0 Å². The van der Waals surface area contributed by atoms with Crippen molar-refractivity contribution in [2.75, 3.05) is 5.32 Å². The third-order valence-electron chi connectivity index (χ3n) is 2.72. The van der Waals surface area contributed by atoms with Crippen LogP contribution in [0.15, 0.2) is 0 Å². The lowest BCUT2D eigenvalue weighted by Crippen LogP contribution is -2.09. The monoisotopic (exact) mass is 323 g/mol. The van der Waals surface area contributed by atoms with Crippen molar-refractivity contribution in [2.45, 2.75) is 13.8 Å². The van der Waals surface area contributed by atoms with Crippen LogP contribution in [0.1, 0.15) is 11.4 Å². The van der Waals surface area contributed by atoms with Gasteiger partial charge in [0.15, 0.2) is 34.2 Å². The minimum Gasteiger partial charge on any atom is -0.333 e. The van der Waals surface area contributed by atoms with Crippen LogP contribution in [0.25, 0.3) is 0 Å².